The van der Waals surface area contributed by atoms with Crippen molar-refractivity contribution < 1.29 is 4.79 Å². The molecule has 168 valence electrons. The van der Waals surface area contributed by atoms with E-state index < -0.39 is 0 Å². The molecular formula is C24H28ClN5OS. The Kier molecular flexibility index (Phi) is 5.73. The highest BCUT2D eigenvalue weighted by Gasteiger charge is 2.44. The Morgan fingerprint density at radius 1 is 1.22 bits per heavy atom. The Labute approximate surface area is 197 Å². The van der Waals surface area contributed by atoms with Gasteiger partial charge in [0.15, 0.2) is 5.82 Å². The highest BCUT2D eigenvalue weighted by Crippen LogP contribution is 2.40. The van der Waals surface area contributed by atoms with E-state index in [1.54, 1.807) is 12.3 Å². The zero-order valence-corrected chi connectivity index (χ0v) is 19.9. The van der Waals surface area contributed by atoms with Crippen molar-refractivity contribution >= 4 is 44.9 Å². The van der Waals surface area contributed by atoms with Gasteiger partial charge in [0.25, 0.3) is 0 Å². The van der Waals surface area contributed by atoms with E-state index >= 15 is 0 Å². The van der Waals surface area contributed by atoms with E-state index in [0.29, 0.717) is 5.82 Å². The van der Waals surface area contributed by atoms with Crippen molar-refractivity contribution in [2.24, 2.45) is 0 Å². The predicted molar refractivity (Wildman–Crippen MR) is 131 cm³/mol. The summed E-state index contributed by atoms with van der Waals surface area (Å²) in [4.78, 5) is 18.9. The molecule has 1 N–H and O–H groups in total. The third-order valence-electron chi connectivity index (χ3n) is 6.71. The second kappa shape index (κ2) is 8.54. The largest absolute Gasteiger partial charge is 0.344 e. The summed E-state index contributed by atoms with van der Waals surface area (Å²) in [6.07, 6.45) is 6.16. The third-order valence-corrected chi connectivity index (χ3v) is 8.04. The van der Waals surface area contributed by atoms with Crippen molar-refractivity contribution in [2.45, 2.75) is 44.7 Å². The van der Waals surface area contributed by atoms with Gasteiger partial charge < -0.3 is 10.2 Å². The van der Waals surface area contributed by atoms with Gasteiger partial charge in [-0.1, -0.05) is 18.2 Å². The van der Waals surface area contributed by atoms with Crippen LogP contribution in [0.4, 0.5) is 10.6 Å². The standard InChI is InChI=1S/C24H28ClN5OS/c1-17(2)26-22-6-11-30(27-22)23(31)28-12-8-24(9-13-28)7-3-10-29(24)16-20-15-18-14-19(25)4-5-21(18)32-20/h4-6,11,14-15H,1,3,7-10,12-13,16H2,2H3,(H,26,27). The fourth-order valence-electron chi connectivity index (χ4n) is 5.12. The van der Waals surface area contributed by atoms with E-state index in [-0.39, 0.29) is 11.6 Å². The zero-order valence-electron chi connectivity index (χ0n) is 18.3. The van der Waals surface area contributed by atoms with E-state index in [9.17, 15) is 4.79 Å². The summed E-state index contributed by atoms with van der Waals surface area (Å²) in [5.74, 6) is 0.644. The van der Waals surface area contributed by atoms with Crippen LogP contribution in [0, 0.1) is 0 Å². The van der Waals surface area contributed by atoms with Crippen LogP contribution in [0.1, 0.15) is 37.5 Å². The van der Waals surface area contributed by atoms with Crippen LogP contribution in [-0.2, 0) is 6.54 Å². The number of piperidine rings is 1. The number of thiophene rings is 1. The number of amides is 1. The van der Waals surface area contributed by atoms with Crippen molar-refractivity contribution in [1.29, 1.82) is 0 Å². The third kappa shape index (κ3) is 4.17. The summed E-state index contributed by atoms with van der Waals surface area (Å²) in [7, 11) is 0. The maximum atomic E-state index is 13.0. The number of carbonyl (C=O) groups excluding carboxylic acids is 1. The van der Waals surface area contributed by atoms with Crippen LogP contribution in [0.5, 0.6) is 0 Å². The number of nitrogens with one attached hydrogen (secondary N) is 1. The number of benzene rings is 1. The molecule has 5 rings (SSSR count). The fourth-order valence-corrected chi connectivity index (χ4v) is 6.36. The Balaban J connectivity index is 1.24. The van der Waals surface area contributed by atoms with Gasteiger partial charge in [0, 0.05) is 57.7 Å². The van der Waals surface area contributed by atoms with Crippen LogP contribution in [0.25, 0.3) is 10.1 Å². The van der Waals surface area contributed by atoms with Gasteiger partial charge in [-0.25, -0.2) is 4.79 Å². The Bertz CT molecular complexity index is 1160. The fraction of sp³-hybridized carbons (Fsp3) is 0.417. The number of fused-ring (bicyclic) bond motifs is 1. The monoisotopic (exact) mass is 469 g/mol. The molecule has 0 atom stereocenters. The Morgan fingerprint density at radius 3 is 2.81 bits per heavy atom. The number of anilines is 1. The number of aromatic nitrogens is 2. The van der Waals surface area contributed by atoms with Crippen molar-refractivity contribution in [3.05, 3.63) is 58.7 Å². The van der Waals surface area contributed by atoms with Gasteiger partial charge in [0.05, 0.1) is 0 Å². The lowest BCUT2D eigenvalue weighted by Crippen LogP contribution is -2.53. The number of carbonyl (C=O) groups is 1. The summed E-state index contributed by atoms with van der Waals surface area (Å²) in [6, 6.07) is 10.2. The number of likely N-dealkylation sites (tertiary alicyclic amines) is 2. The minimum Gasteiger partial charge on any atom is -0.343 e. The second-order valence-electron chi connectivity index (χ2n) is 8.96. The molecule has 32 heavy (non-hydrogen) atoms. The van der Waals surface area contributed by atoms with Crippen LogP contribution < -0.4 is 5.32 Å². The van der Waals surface area contributed by atoms with E-state index in [4.69, 9.17) is 11.6 Å². The highest BCUT2D eigenvalue weighted by molar-refractivity contribution is 7.19. The Hall–Kier alpha value is -2.35. The normalized spacial score (nSPS) is 18.5. The molecule has 2 fully saturated rings. The number of hydrogen-bond donors (Lipinski definition) is 1. The average molecular weight is 470 g/mol. The second-order valence-corrected chi connectivity index (χ2v) is 10.6. The molecule has 2 aromatic heterocycles. The molecule has 4 heterocycles. The van der Waals surface area contributed by atoms with Crippen LogP contribution in [-0.4, -0.2) is 50.8 Å². The summed E-state index contributed by atoms with van der Waals surface area (Å²) in [6.45, 7) is 9.31. The minimum atomic E-state index is -0.0550. The molecule has 0 radical (unpaired) electrons. The SMILES string of the molecule is C=C(C)Nc1ccn(C(=O)N2CCC3(CCCN3Cc3cc4cc(Cl)ccc4s3)CC2)n1. The van der Waals surface area contributed by atoms with Crippen molar-refractivity contribution in [1.82, 2.24) is 19.6 Å². The van der Waals surface area contributed by atoms with Gasteiger partial charge in [0.1, 0.15) is 0 Å². The van der Waals surface area contributed by atoms with E-state index in [1.165, 1.54) is 32.5 Å². The quantitative estimate of drug-likeness (QED) is 0.525. The first-order valence-electron chi connectivity index (χ1n) is 11.1. The number of allylic oxidation sites excluding steroid dienone is 1. The Morgan fingerprint density at radius 2 is 2.03 bits per heavy atom. The summed E-state index contributed by atoms with van der Waals surface area (Å²) in [5.41, 5.74) is 0.993. The molecule has 1 spiro atoms. The zero-order chi connectivity index (χ0) is 22.3. The topological polar surface area (TPSA) is 53.4 Å². The number of nitrogens with zero attached hydrogens (tertiary/aromatic N) is 4. The molecule has 3 aromatic rings. The lowest BCUT2D eigenvalue weighted by molar-refractivity contribution is 0.0592. The molecule has 0 bridgehead atoms. The van der Waals surface area contributed by atoms with Gasteiger partial charge in [-0.2, -0.15) is 4.68 Å². The minimum absolute atomic E-state index is 0.0550. The predicted octanol–water partition coefficient (Wildman–Crippen LogP) is 5.80. The van der Waals surface area contributed by atoms with Crippen LogP contribution >= 0.6 is 22.9 Å². The van der Waals surface area contributed by atoms with Crippen LogP contribution in [0.3, 0.4) is 0 Å². The maximum absolute atomic E-state index is 13.0. The molecule has 1 aromatic carbocycles. The molecule has 2 aliphatic rings. The summed E-state index contributed by atoms with van der Waals surface area (Å²) >= 11 is 8.03. The molecule has 0 aliphatic carbocycles. The molecular weight excluding hydrogens is 442 g/mol. The van der Waals surface area contributed by atoms with Gasteiger partial charge in [-0.05, 0) is 68.8 Å². The average Bonchev–Trinajstić information content (AvgIpc) is 3.47. The molecule has 0 unspecified atom stereocenters. The smallest absolute Gasteiger partial charge is 0.343 e. The van der Waals surface area contributed by atoms with Crippen LogP contribution in [0.15, 0.2) is 48.8 Å². The molecule has 8 heteroatoms. The number of hydrogen-bond acceptors (Lipinski definition) is 5. The van der Waals surface area contributed by atoms with Crippen molar-refractivity contribution in [3.63, 3.8) is 0 Å². The van der Waals surface area contributed by atoms with Crippen molar-refractivity contribution in [3.8, 4) is 0 Å². The van der Waals surface area contributed by atoms with Crippen molar-refractivity contribution in [2.75, 3.05) is 25.0 Å². The van der Waals surface area contributed by atoms with Gasteiger partial charge in [-0.3, -0.25) is 4.90 Å². The van der Waals surface area contributed by atoms with E-state index in [0.717, 1.165) is 49.7 Å². The first-order chi connectivity index (χ1) is 15.4. The summed E-state index contributed by atoms with van der Waals surface area (Å²) in [5, 5.41) is 9.42. The van der Waals surface area contributed by atoms with E-state index in [1.807, 2.05) is 35.3 Å². The van der Waals surface area contributed by atoms with E-state index in [2.05, 4.69) is 34.0 Å². The van der Waals surface area contributed by atoms with Gasteiger partial charge in [0.2, 0.25) is 0 Å². The first kappa shape index (κ1) is 21.5. The highest BCUT2D eigenvalue weighted by atomic mass is 35.5. The van der Waals surface area contributed by atoms with Crippen LogP contribution in [0.2, 0.25) is 5.02 Å². The molecule has 6 nitrogen and oxygen atoms in total. The number of halogens is 1. The molecule has 2 saturated heterocycles. The first-order valence-corrected chi connectivity index (χ1v) is 12.3. The number of rotatable bonds is 4. The molecule has 2 aliphatic heterocycles. The lowest BCUT2D eigenvalue weighted by atomic mass is 9.85. The molecule has 1 amide bonds. The lowest BCUT2D eigenvalue weighted by Gasteiger charge is -2.44. The molecule has 0 saturated carbocycles. The summed E-state index contributed by atoms with van der Waals surface area (Å²) < 4.78 is 2.72. The maximum Gasteiger partial charge on any atom is 0.344 e. The van der Waals surface area contributed by atoms with Gasteiger partial charge >= 0.3 is 6.03 Å². The van der Waals surface area contributed by atoms with Gasteiger partial charge in [-0.15, -0.1) is 16.4 Å².